The predicted octanol–water partition coefficient (Wildman–Crippen LogP) is 4.93. The monoisotopic (exact) mass is 368 g/mol. The van der Waals surface area contributed by atoms with Crippen LogP contribution >= 0.6 is 0 Å². The van der Waals surface area contributed by atoms with Crippen molar-refractivity contribution in [1.82, 2.24) is 0 Å². The van der Waals surface area contributed by atoms with Crippen LogP contribution in [0, 0.1) is 6.92 Å². The zero-order valence-electron chi connectivity index (χ0n) is 15.6. The van der Waals surface area contributed by atoms with Gasteiger partial charge in [0.25, 0.3) is 0 Å². The second-order valence-corrected chi connectivity index (χ2v) is 9.21. The van der Waals surface area contributed by atoms with Gasteiger partial charge in [0.15, 0.2) is 0 Å². The Morgan fingerprint density at radius 1 is 1.04 bits per heavy atom. The number of rotatable bonds is 4. The van der Waals surface area contributed by atoms with Gasteiger partial charge in [-0.1, -0.05) is 54.1 Å². The lowest BCUT2D eigenvalue weighted by atomic mass is 10.1. The minimum atomic E-state index is -3.62. The van der Waals surface area contributed by atoms with E-state index in [0.717, 1.165) is 16.7 Å². The lowest BCUT2D eigenvalue weighted by Gasteiger charge is -2.21. The van der Waals surface area contributed by atoms with E-state index in [9.17, 15) is 8.42 Å². The highest BCUT2D eigenvalue weighted by atomic mass is 32.2. The van der Waals surface area contributed by atoms with Crippen LogP contribution in [-0.4, -0.2) is 20.1 Å². The summed E-state index contributed by atoms with van der Waals surface area (Å²) >= 11 is 0. The number of ether oxygens (including phenoxy) is 1. The van der Waals surface area contributed by atoms with Crippen molar-refractivity contribution in [3.05, 3.63) is 82.3 Å². The van der Waals surface area contributed by atoms with Gasteiger partial charge in [-0.3, -0.25) is 0 Å². The summed E-state index contributed by atoms with van der Waals surface area (Å²) in [4.78, 5) is 0.615. The third-order valence-corrected chi connectivity index (χ3v) is 6.26. The number of benzene rings is 2. The van der Waals surface area contributed by atoms with Crippen molar-refractivity contribution in [3.8, 4) is 0 Å². The molecule has 0 bridgehead atoms. The van der Waals surface area contributed by atoms with Crippen molar-refractivity contribution >= 4 is 15.9 Å². The number of hydrogen-bond donors (Lipinski definition) is 0. The summed E-state index contributed by atoms with van der Waals surface area (Å²) in [6.45, 7) is 7.62. The molecule has 0 amide bonds. The zero-order chi connectivity index (χ0) is 18.9. The fourth-order valence-corrected chi connectivity index (χ4v) is 4.81. The summed E-state index contributed by atoms with van der Waals surface area (Å²) in [5, 5.41) is 0. The molecular weight excluding hydrogens is 344 g/mol. The second-order valence-electron chi connectivity index (χ2n) is 7.26. The molecule has 4 heteroatoms. The summed E-state index contributed by atoms with van der Waals surface area (Å²) in [5.41, 5.74) is 2.27. The van der Waals surface area contributed by atoms with E-state index in [1.807, 2.05) is 76.2 Å². The molecule has 2 aromatic rings. The van der Waals surface area contributed by atoms with E-state index in [1.165, 1.54) is 0 Å². The molecule has 0 spiro atoms. The van der Waals surface area contributed by atoms with Crippen LogP contribution in [0.15, 0.2) is 76.0 Å². The van der Waals surface area contributed by atoms with Gasteiger partial charge in [0.05, 0.1) is 15.4 Å². The average molecular weight is 368 g/mol. The van der Waals surface area contributed by atoms with Crippen molar-refractivity contribution in [2.45, 2.75) is 44.3 Å². The van der Waals surface area contributed by atoms with Gasteiger partial charge >= 0.3 is 0 Å². The van der Waals surface area contributed by atoms with Crippen LogP contribution in [0.5, 0.6) is 0 Å². The van der Waals surface area contributed by atoms with E-state index in [4.69, 9.17) is 4.74 Å². The Kier molecular flexibility index (Phi) is 4.91. The largest absolute Gasteiger partial charge is 0.358 e. The molecule has 1 aliphatic heterocycles. The molecule has 0 radical (unpaired) electrons. The minimum Gasteiger partial charge on any atom is -0.358 e. The topological polar surface area (TPSA) is 43.4 Å². The van der Waals surface area contributed by atoms with Crippen LogP contribution in [0.3, 0.4) is 0 Å². The maximum absolute atomic E-state index is 13.2. The van der Waals surface area contributed by atoms with E-state index in [0.29, 0.717) is 9.80 Å². The van der Waals surface area contributed by atoms with Crippen molar-refractivity contribution in [2.24, 2.45) is 0 Å². The van der Waals surface area contributed by atoms with Crippen LogP contribution in [-0.2, 0) is 14.6 Å². The van der Waals surface area contributed by atoms with Crippen LogP contribution in [0.1, 0.15) is 31.9 Å². The summed E-state index contributed by atoms with van der Waals surface area (Å²) in [6.07, 6.45) is 3.12. The highest BCUT2D eigenvalue weighted by molar-refractivity contribution is 7.95. The molecule has 2 aromatic carbocycles. The van der Waals surface area contributed by atoms with Gasteiger partial charge in [0.1, 0.15) is 6.10 Å². The summed E-state index contributed by atoms with van der Waals surface area (Å²) in [5.74, 6) is 0. The molecule has 3 nitrogen and oxygen atoms in total. The van der Waals surface area contributed by atoms with Crippen molar-refractivity contribution in [3.63, 3.8) is 0 Å². The molecule has 0 saturated carbocycles. The Balaban J connectivity index is 2.03. The molecule has 1 atom stereocenters. The van der Waals surface area contributed by atoms with E-state index >= 15 is 0 Å². The van der Waals surface area contributed by atoms with Crippen molar-refractivity contribution in [1.29, 1.82) is 0 Å². The molecule has 0 aliphatic carbocycles. The standard InChI is InChI=1S/C22H24O3S/c1-16-10-12-19(13-11-16)26(23,24)20-15-22(3,4)25-21(20)17(2)14-18-8-6-5-7-9-18/h5-15,21H,1-4H3/b17-14+. The molecule has 0 fully saturated rings. The van der Waals surface area contributed by atoms with Gasteiger partial charge < -0.3 is 4.74 Å². The third kappa shape index (κ3) is 3.81. The molecule has 1 aliphatic rings. The quantitative estimate of drug-likeness (QED) is 0.768. The lowest BCUT2D eigenvalue weighted by molar-refractivity contribution is 0.0177. The molecular formula is C22H24O3S. The van der Waals surface area contributed by atoms with E-state index < -0.39 is 21.5 Å². The molecule has 1 heterocycles. The highest BCUT2D eigenvalue weighted by Crippen LogP contribution is 2.38. The van der Waals surface area contributed by atoms with Crippen molar-refractivity contribution in [2.75, 3.05) is 0 Å². The molecule has 0 aromatic heterocycles. The molecule has 1 unspecified atom stereocenters. The first-order chi connectivity index (χ1) is 12.2. The number of aryl methyl sites for hydroxylation is 1. The van der Waals surface area contributed by atoms with Crippen LogP contribution in [0.4, 0.5) is 0 Å². The smallest absolute Gasteiger partial charge is 0.205 e. The van der Waals surface area contributed by atoms with Gasteiger partial charge in [-0.15, -0.1) is 0 Å². The van der Waals surface area contributed by atoms with E-state index in [-0.39, 0.29) is 0 Å². The Bertz CT molecular complexity index is 950. The first-order valence-corrected chi connectivity index (χ1v) is 10.1. The molecule has 26 heavy (non-hydrogen) atoms. The predicted molar refractivity (Wildman–Crippen MR) is 105 cm³/mol. The highest BCUT2D eigenvalue weighted by Gasteiger charge is 2.40. The fourth-order valence-electron chi connectivity index (χ4n) is 3.09. The normalized spacial score (nSPS) is 20.1. The van der Waals surface area contributed by atoms with Gasteiger partial charge in [0.2, 0.25) is 9.84 Å². The number of hydrogen-bond acceptors (Lipinski definition) is 3. The van der Waals surface area contributed by atoms with Gasteiger partial charge in [0, 0.05) is 0 Å². The summed E-state index contributed by atoms with van der Waals surface area (Å²) in [6, 6.07) is 16.8. The van der Waals surface area contributed by atoms with Crippen molar-refractivity contribution < 1.29 is 13.2 Å². The molecule has 136 valence electrons. The third-order valence-electron chi connectivity index (χ3n) is 4.42. The minimum absolute atomic E-state index is 0.299. The fraction of sp³-hybridized carbons (Fsp3) is 0.273. The first kappa shape index (κ1) is 18.6. The maximum Gasteiger partial charge on any atom is 0.205 e. The number of sulfone groups is 1. The molecule has 3 rings (SSSR count). The van der Waals surface area contributed by atoms with Crippen LogP contribution < -0.4 is 0 Å². The SMILES string of the molecule is C/C(=C\c1ccccc1)C1OC(C)(C)C=C1S(=O)(=O)c1ccc(C)cc1. The summed E-state index contributed by atoms with van der Waals surface area (Å²) in [7, 11) is -3.62. The van der Waals surface area contributed by atoms with Gasteiger partial charge in [-0.2, -0.15) is 0 Å². The van der Waals surface area contributed by atoms with E-state index in [1.54, 1.807) is 18.2 Å². The van der Waals surface area contributed by atoms with E-state index in [2.05, 4.69) is 0 Å². The Morgan fingerprint density at radius 3 is 2.27 bits per heavy atom. The first-order valence-electron chi connectivity index (χ1n) is 8.65. The van der Waals surface area contributed by atoms with Crippen LogP contribution in [0.2, 0.25) is 0 Å². The second kappa shape index (κ2) is 6.86. The molecule has 0 saturated heterocycles. The Hall–Kier alpha value is -2.17. The lowest BCUT2D eigenvalue weighted by Crippen LogP contribution is -2.24. The Labute approximate surface area is 155 Å². The average Bonchev–Trinajstić information content (AvgIpc) is 2.93. The molecule has 0 N–H and O–H groups in total. The maximum atomic E-state index is 13.2. The van der Waals surface area contributed by atoms with Crippen LogP contribution in [0.25, 0.3) is 6.08 Å². The van der Waals surface area contributed by atoms with Gasteiger partial charge in [-0.25, -0.2) is 8.42 Å². The van der Waals surface area contributed by atoms with Gasteiger partial charge in [-0.05, 0) is 57.0 Å². The Morgan fingerprint density at radius 2 is 1.65 bits per heavy atom. The summed E-state index contributed by atoms with van der Waals surface area (Å²) < 4.78 is 32.5. The zero-order valence-corrected chi connectivity index (χ0v) is 16.4.